The lowest BCUT2D eigenvalue weighted by atomic mass is 9.98. The van der Waals surface area contributed by atoms with Crippen LogP contribution in [0.15, 0.2) is 11.0 Å². The summed E-state index contributed by atoms with van der Waals surface area (Å²) in [6.07, 6.45) is 1.53. The third-order valence-electron chi connectivity index (χ3n) is 2.93. The Labute approximate surface area is 97.9 Å². The van der Waals surface area contributed by atoms with E-state index in [4.69, 9.17) is 9.47 Å². The summed E-state index contributed by atoms with van der Waals surface area (Å²) in [7, 11) is 0. The molecule has 0 spiro atoms. The molecular formula is C11H13NO3S. The summed E-state index contributed by atoms with van der Waals surface area (Å²) in [5, 5.41) is 13.2. The molecule has 0 bridgehead atoms. The molecule has 4 nitrogen and oxygen atoms in total. The summed E-state index contributed by atoms with van der Waals surface area (Å²) in [5.74, 6) is 1.58. The van der Waals surface area contributed by atoms with Crippen LogP contribution in [0.5, 0.6) is 11.5 Å². The molecule has 2 aliphatic heterocycles. The summed E-state index contributed by atoms with van der Waals surface area (Å²) >= 11 is 1.60. The Balaban J connectivity index is 2.22. The molecule has 5 heteroatoms. The maximum absolute atomic E-state index is 10.0. The zero-order chi connectivity index (χ0) is 11.1. The van der Waals surface area contributed by atoms with E-state index in [0.717, 1.165) is 34.1 Å². The zero-order valence-corrected chi connectivity index (χ0v) is 9.76. The zero-order valence-electron chi connectivity index (χ0n) is 8.95. The Morgan fingerprint density at radius 3 is 3.19 bits per heavy atom. The molecule has 0 radical (unpaired) electrons. The number of aliphatic hydroxyl groups excluding tert-OH is 1. The average Bonchev–Trinajstić information content (AvgIpc) is 2.74. The standard InChI is InChI=1S/C11H13NO3S/c1-16-11-9-6(3-12-4-7(9)13)2-8-10(11)15-5-14-8/h2,7,12-13H,3-5H2,1H3/t7-/m0/s1. The van der Waals surface area contributed by atoms with Gasteiger partial charge in [-0.25, -0.2) is 0 Å². The fourth-order valence-corrected chi connectivity index (χ4v) is 3.07. The van der Waals surface area contributed by atoms with E-state index in [1.54, 1.807) is 11.8 Å². The molecule has 1 atom stereocenters. The maximum atomic E-state index is 10.0. The van der Waals surface area contributed by atoms with Crippen molar-refractivity contribution in [1.29, 1.82) is 0 Å². The fraction of sp³-hybridized carbons (Fsp3) is 0.455. The molecule has 16 heavy (non-hydrogen) atoms. The Kier molecular flexibility index (Phi) is 2.46. The van der Waals surface area contributed by atoms with Crippen molar-refractivity contribution in [1.82, 2.24) is 5.32 Å². The second-order valence-corrected chi connectivity index (χ2v) is 4.68. The third kappa shape index (κ3) is 1.39. The number of rotatable bonds is 1. The van der Waals surface area contributed by atoms with Crippen molar-refractivity contribution in [2.24, 2.45) is 0 Å². The highest BCUT2D eigenvalue weighted by Crippen LogP contribution is 2.46. The van der Waals surface area contributed by atoms with Gasteiger partial charge in [0, 0.05) is 18.7 Å². The van der Waals surface area contributed by atoms with Crippen molar-refractivity contribution in [3.63, 3.8) is 0 Å². The van der Waals surface area contributed by atoms with Crippen LogP contribution in [0.3, 0.4) is 0 Å². The van der Waals surface area contributed by atoms with Gasteiger partial charge in [-0.15, -0.1) is 11.8 Å². The van der Waals surface area contributed by atoms with Crippen LogP contribution < -0.4 is 14.8 Å². The first-order chi connectivity index (χ1) is 7.81. The summed E-state index contributed by atoms with van der Waals surface area (Å²) in [4.78, 5) is 1.01. The molecule has 2 N–H and O–H groups in total. The molecule has 2 aliphatic rings. The van der Waals surface area contributed by atoms with Gasteiger partial charge >= 0.3 is 0 Å². The van der Waals surface area contributed by atoms with Crippen LogP contribution in [-0.2, 0) is 6.54 Å². The number of nitrogens with one attached hydrogen (secondary N) is 1. The van der Waals surface area contributed by atoms with Crippen molar-refractivity contribution in [3.05, 3.63) is 17.2 Å². The summed E-state index contributed by atoms with van der Waals surface area (Å²) in [5.41, 5.74) is 2.10. The molecule has 1 aromatic carbocycles. The van der Waals surface area contributed by atoms with E-state index >= 15 is 0 Å². The fourth-order valence-electron chi connectivity index (χ4n) is 2.24. The molecular weight excluding hydrogens is 226 g/mol. The van der Waals surface area contributed by atoms with Gasteiger partial charge < -0.3 is 19.9 Å². The van der Waals surface area contributed by atoms with Gasteiger partial charge in [-0.2, -0.15) is 0 Å². The topological polar surface area (TPSA) is 50.7 Å². The predicted molar refractivity (Wildman–Crippen MR) is 61.0 cm³/mol. The second-order valence-electron chi connectivity index (χ2n) is 3.86. The minimum absolute atomic E-state index is 0.273. The van der Waals surface area contributed by atoms with Gasteiger partial charge in [0.2, 0.25) is 6.79 Å². The molecule has 0 aliphatic carbocycles. The van der Waals surface area contributed by atoms with E-state index in [-0.39, 0.29) is 6.79 Å². The van der Waals surface area contributed by atoms with Gasteiger partial charge in [0.15, 0.2) is 11.5 Å². The minimum atomic E-state index is -0.458. The molecule has 0 saturated carbocycles. The van der Waals surface area contributed by atoms with Crippen molar-refractivity contribution in [2.45, 2.75) is 17.5 Å². The Hall–Kier alpha value is -0.910. The number of fused-ring (bicyclic) bond motifs is 2. The monoisotopic (exact) mass is 239 g/mol. The van der Waals surface area contributed by atoms with E-state index in [0.29, 0.717) is 6.54 Å². The van der Waals surface area contributed by atoms with Crippen LogP contribution in [0, 0.1) is 0 Å². The summed E-state index contributed by atoms with van der Waals surface area (Å²) < 4.78 is 10.9. The lowest BCUT2D eigenvalue weighted by Crippen LogP contribution is -2.28. The molecule has 0 fully saturated rings. The van der Waals surface area contributed by atoms with E-state index in [1.165, 1.54) is 0 Å². The number of aliphatic hydroxyl groups is 1. The summed E-state index contributed by atoms with van der Waals surface area (Å²) in [6.45, 7) is 1.64. The van der Waals surface area contributed by atoms with Crippen LogP contribution in [0.2, 0.25) is 0 Å². The smallest absolute Gasteiger partial charge is 0.231 e. The number of ether oxygens (including phenoxy) is 2. The van der Waals surface area contributed by atoms with Gasteiger partial charge in [-0.1, -0.05) is 0 Å². The number of benzene rings is 1. The van der Waals surface area contributed by atoms with Crippen LogP contribution in [0.1, 0.15) is 17.2 Å². The molecule has 2 heterocycles. The van der Waals surface area contributed by atoms with Gasteiger partial charge in [-0.05, 0) is 17.9 Å². The highest BCUT2D eigenvalue weighted by molar-refractivity contribution is 7.98. The van der Waals surface area contributed by atoms with Crippen molar-refractivity contribution < 1.29 is 14.6 Å². The Morgan fingerprint density at radius 2 is 2.38 bits per heavy atom. The number of hydrogen-bond donors (Lipinski definition) is 2. The number of hydrogen-bond acceptors (Lipinski definition) is 5. The normalized spacial score (nSPS) is 22.0. The van der Waals surface area contributed by atoms with Gasteiger partial charge in [0.1, 0.15) is 0 Å². The first-order valence-corrected chi connectivity index (χ1v) is 6.42. The molecule has 3 rings (SSSR count). The third-order valence-corrected chi connectivity index (χ3v) is 3.75. The quantitative estimate of drug-likeness (QED) is 0.723. The van der Waals surface area contributed by atoms with E-state index < -0.39 is 6.10 Å². The molecule has 86 valence electrons. The van der Waals surface area contributed by atoms with Gasteiger partial charge in [0.05, 0.1) is 11.0 Å². The highest BCUT2D eigenvalue weighted by Gasteiger charge is 2.29. The predicted octanol–water partition coefficient (Wildman–Crippen LogP) is 1.27. The Bertz CT molecular complexity index is 436. The van der Waals surface area contributed by atoms with E-state index in [9.17, 15) is 5.11 Å². The first kappa shape index (κ1) is 10.3. The van der Waals surface area contributed by atoms with Crippen molar-refractivity contribution in [2.75, 3.05) is 19.6 Å². The van der Waals surface area contributed by atoms with Gasteiger partial charge in [0.25, 0.3) is 0 Å². The van der Waals surface area contributed by atoms with Crippen LogP contribution in [-0.4, -0.2) is 24.7 Å². The van der Waals surface area contributed by atoms with Crippen molar-refractivity contribution in [3.8, 4) is 11.5 Å². The SMILES string of the molecule is CSc1c2c(cc3c1[C@@H](O)CNC3)OCO2. The van der Waals surface area contributed by atoms with Crippen LogP contribution >= 0.6 is 11.8 Å². The van der Waals surface area contributed by atoms with Crippen LogP contribution in [0.25, 0.3) is 0 Å². The maximum Gasteiger partial charge on any atom is 0.231 e. The summed E-state index contributed by atoms with van der Waals surface area (Å²) in [6, 6.07) is 1.97. The molecule has 0 aromatic heterocycles. The molecule has 0 amide bonds. The lowest BCUT2D eigenvalue weighted by molar-refractivity contribution is 0.159. The van der Waals surface area contributed by atoms with Crippen molar-refractivity contribution >= 4 is 11.8 Å². The lowest BCUT2D eigenvalue weighted by Gasteiger charge is -2.25. The average molecular weight is 239 g/mol. The largest absolute Gasteiger partial charge is 0.454 e. The first-order valence-electron chi connectivity index (χ1n) is 5.19. The molecule has 0 unspecified atom stereocenters. The number of β-amino-alcohol motifs (C(OH)–C–C–N with tert-alkyl or cyclic N) is 1. The number of thioether (sulfide) groups is 1. The second kappa shape index (κ2) is 3.84. The van der Waals surface area contributed by atoms with E-state index in [1.807, 2.05) is 12.3 Å². The minimum Gasteiger partial charge on any atom is -0.454 e. The molecule has 0 saturated heterocycles. The molecule has 1 aromatic rings. The van der Waals surface area contributed by atoms with Crippen LogP contribution in [0.4, 0.5) is 0 Å². The van der Waals surface area contributed by atoms with E-state index in [2.05, 4.69) is 5.32 Å². The highest BCUT2D eigenvalue weighted by atomic mass is 32.2. The van der Waals surface area contributed by atoms with Gasteiger partial charge in [-0.3, -0.25) is 0 Å². The Morgan fingerprint density at radius 1 is 1.50 bits per heavy atom.